The van der Waals surface area contributed by atoms with Gasteiger partial charge in [-0.3, -0.25) is 9.59 Å². The van der Waals surface area contributed by atoms with Crippen LogP contribution in [0.15, 0.2) is 24.3 Å². The summed E-state index contributed by atoms with van der Waals surface area (Å²) in [5.74, 6) is -0.0449. The van der Waals surface area contributed by atoms with Gasteiger partial charge in [0.25, 0.3) is 0 Å². The number of hydrogen-bond donors (Lipinski definition) is 2. The molecule has 0 radical (unpaired) electrons. The Bertz CT molecular complexity index is 619. The van der Waals surface area contributed by atoms with Crippen LogP contribution in [0.3, 0.4) is 0 Å². The fourth-order valence-electron chi connectivity index (χ4n) is 1.93. The first-order valence-electron chi connectivity index (χ1n) is 7.45. The highest BCUT2D eigenvalue weighted by atomic mass is 32.1. The first-order valence-corrected chi connectivity index (χ1v) is 8.27. The molecule has 0 saturated carbocycles. The molecule has 5 nitrogen and oxygen atoms in total. The van der Waals surface area contributed by atoms with Crippen molar-refractivity contribution in [1.29, 1.82) is 0 Å². The molecular formula is C16H21N3O2S. The van der Waals surface area contributed by atoms with Gasteiger partial charge in [-0.1, -0.05) is 26.0 Å². The van der Waals surface area contributed by atoms with Crippen LogP contribution >= 0.6 is 11.3 Å². The summed E-state index contributed by atoms with van der Waals surface area (Å²) in [6.45, 7) is 4.60. The summed E-state index contributed by atoms with van der Waals surface area (Å²) >= 11 is 1.63. The number of hydrogen-bond acceptors (Lipinski definition) is 4. The largest absolute Gasteiger partial charge is 0.354 e. The highest BCUT2D eigenvalue weighted by Crippen LogP contribution is 2.22. The summed E-state index contributed by atoms with van der Waals surface area (Å²) in [5.41, 5.74) is 0.985. The van der Waals surface area contributed by atoms with Crippen LogP contribution in [0.2, 0.25) is 0 Å². The van der Waals surface area contributed by atoms with Gasteiger partial charge in [0.1, 0.15) is 0 Å². The van der Waals surface area contributed by atoms with E-state index in [0.29, 0.717) is 25.9 Å². The topological polar surface area (TPSA) is 71.1 Å². The molecule has 2 rings (SSSR count). The Morgan fingerprint density at radius 3 is 2.64 bits per heavy atom. The van der Waals surface area contributed by atoms with Crippen LogP contribution in [-0.2, 0) is 16.0 Å². The minimum atomic E-state index is -0.0327. The number of aromatic nitrogens is 1. The molecular weight excluding hydrogens is 298 g/mol. The van der Waals surface area contributed by atoms with Gasteiger partial charge in [-0.25, -0.2) is 4.98 Å². The predicted molar refractivity (Wildman–Crippen MR) is 88.8 cm³/mol. The molecule has 0 aliphatic carbocycles. The number of thiazole rings is 1. The molecule has 2 amide bonds. The van der Waals surface area contributed by atoms with E-state index in [2.05, 4.69) is 15.6 Å². The fraction of sp³-hybridized carbons (Fsp3) is 0.438. The van der Waals surface area contributed by atoms with Crippen LogP contribution in [-0.4, -0.2) is 29.9 Å². The molecule has 0 aliphatic heterocycles. The maximum Gasteiger partial charge on any atom is 0.222 e. The van der Waals surface area contributed by atoms with Gasteiger partial charge < -0.3 is 10.6 Å². The van der Waals surface area contributed by atoms with Crippen LogP contribution in [0.1, 0.15) is 25.3 Å². The van der Waals surface area contributed by atoms with E-state index in [0.717, 1.165) is 15.2 Å². The van der Waals surface area contributed by atoms with Crippen LogP contribution in [0, 0.1) is 5.92 Å². The summed E-state index contributed by atoms with van der Waals surface area (Å²) in [7, 11) is 0. The summed E-state index contributed by atoms with van der Waals surface area (Å²) < 4.78 is 1.15. The van der Waals surface area contributed by atoms with Crippen molar-refractivity contribution in [2.75, 3.05) is 13.1 Å². The maximum absolute atomic E-state index is 11.8. The lowest BCUT2D eigenvalue weighted by molar-refractivity contribution is -0.124. The van der Waals surface area contributed by atoms with Gasteiger partial charge in [-0.2, -0.15) is 0 Å². The van der Waals surface area contributed by atoms with Crippen molar-refractivity contribution in [1.82, 2.24) is 15.6 Å². The number of rotatable bonds is 7. The number of carbonyl (C=O) groups is 2. The number of benzene rings is 1. The third kappa shape index (κ3) is 4.80. The van der Waals surface area contributed by atoms with Gasteiger partial charge >= 0.3 is 0 Å². The third-order valence-corrected chi connectivity index (χ3v) is 4.27. The van der Waals surface area contributed by atoms with Gasteiger partial charge in [0.15, 0.2) is 0 Å². The van der Waals surface area contributed by atoms with Crippen molar-refractivity contribution in [2.45, 2.75) is 26.7 Å². The van der Waals surface area contributed by atoms with Gasteiger partial charge in [-0.05, 0) is 12.1 Å². The second kappa shape index (κ2) is 7.89. The van der Waals surface area contributed by atoms with Crippen LogP contribution < -0.4 is 10.6 Å². The number of para-hydroxylation sites is 1. The summed E-state index contributed by atoms with van der Waals surface area (Å²) in [5, 5.41) is 6.55. The zero-order chi connectivity index (χ0) is 15.9. The van der Waals surface area contributed by atoms with E-state index in [1.165, 1.54) is 0 Å². The maximum atomic E-state index is 11.8. The quantitative estimate of drug-likeness (QED) is 0.768. The van der Waals surface area contributed by atoms with Crippen LogP contribution in [0.5, 0.6) is 0 Å². The zero-order valence-electron chi connectivity index (χ0n) is 12.9. The highest BCUT2D eigenvalue weighted by molar-refractivity contribution is 7.18. The Morgan fingerprint density at radius 1 is 1.18 bits per heavy atom. The summed E-state index contributed by atoms with van der Waals surface area (Å²) in [6, 6.07) is 7.97. The van der Waals surface area contributed by atoms with Crippen molar-refractivity contribution < 1.29 is 9.59 Å². The SMILES string of the molecule is CC(C)C(=O)NCCNC(=O)CCc1nc2ccccc2s1. The smallest absolute Gasteiger partial charge is 0.222 e. The Balaban J connectivity index is 1.68. The van der Waals surface area contributed by atoms with E-state index in [4.69, 9.17) is 0 Å². The molecule has 0 unspecified atom stereocenters. The van der Waals surface area contributed by atoms with Crippen molar-refractivity contribution in [3.63, 3.8) is 0 Å². The lowest BCUT2D eigenvalue weighted by Gasteiger charge is -2.08. The van der Waals surface area contributed by atoms with E-state index in [1.54, 1.807) is 11.3 Å². The van der Waals surface area contributed by atoms with E-state index in [-0.39, 0.29) is 17.7 Å². The van der Waals surface area contributed by atoms with E-state index in [9.17, 15) is 9.59 Å². The first kappa shape index (κ1) is 16.4. The molecule has 1 aromatic heterocycles. The standard InChI is InChI=1S/C16H21N3O2S/c1-11(2)16(21)18-10-9-17-14(20)7-8-15-19-12-5-3-4-6-13(12)22-15/h3-6,11H,7-10H2,1-2H3,(H,17,20)(H,18,21). The Morgan fingerprint density at radius 2 is 1.91 bits per heavy atom. The first-order chi connectivity index (χ1) is 10.6. The molecule has 2 N–H and O–H groups in total. The number of amides is 2. The molecule has 0 spiro atoms. The lowest BCUT2D eigenvalue weighted by Crippen LogP contribution is -2.36. The second-order valence-electron chi connectivity index (χ2n) is 5.37. The monoisotopic (exact) mass is 319 g/mol. The molecule has 6 heteroatoms. The number of nitrogens with zero attached hydrogens (tertiary/aromatic N) is 1. The zero-order valence-corrected chi connectivity index (χ0v) is 13.7. The summed E-state index contributed by atoms with van der Waals surface area (Å²) in [6.07, 6.45) is 1.06. The van der Waals surface area contributed by atoms with E-state index < -0.39 is 0 Å². The molecule has 2 aromatic rings. The molecule has 22 heavy (non-hydrogen) atoms. The van der Waals surface area contributed by atoms with Crippen molar-refractivity contribution >= 4 is 33.4 Å². The molecule has 0 fully saturated rings. The molecule has 0 saturated heterocycles. The van der Waals surface area contributed by atoms with Crippen LogP contribution in [0.4, 0.5) is 0 Å². The van der Waals surface area contributed by atoms with Gasteiger partial charge in [-0.15, -0.1) is 11.3 Å². The van der Waals surface area contributed by atoms with Gasteiger partial charge in [0, 0.05) is 31.8 Å². The number of carbonyl (C=O) groups excluding carboxylic acids is 2. The number of aryl methyl sites for hydroxylation is 1. The minimum Gasteiger partial charge on any atom is -0.354 e. The van der Waals surface area contributed by atoms with E-state index in [1.807, 2.05) is 38.1 Å². The third-order valence-electron chi connectivity index (χ3n) is 3.17. The molecule has 1 aromatic carbocycles. The predicted octanol–water partition coefficient (Wildman–Crippen LogP) is 2.12. The van der Waals surface area contributed by atoms with E-state index >= 15 is 0 Å². The van der Waals surface area contributed by atoms with Crippen LogP contribution in [0.25, 0.3) is 10.2 Å². The number of nitrogens with one attached hydrogen (secondary N) is 2. The average molecular weight is 319 g/mol. The average Bonchev–Trinajstić information content (AvgIpc) is 2.92. The van der Waals surface area contributed by atoms with Gasteiger partial charge in [0.2, 0.25) is 11.8 Å². The molecule has 1 heterocycles. The number of fused-ring (bicyclic) bond motifs is 1. The molecule has 0 aliphatic rings. The fourth-order valence-corrected chi connectivity index (χ4v) is 2.89. The van der Waals surface area contributed by atoms with Gasteiger partial charge in [0.05, 0.1) is 15.2 Å². The summed E-state index contributed by atoms with van der Waals surface area (Å²) in [4.78, 5) is 27.6. The minimum absolute atomic E-state index is 0.00345. The van der Waals surface area contributed by atoms with Crippen molar-refractivity contribution in [2.24, 2.45) is 5.92 Å². The Hall–Kier alpha value is -1.95. The second-order valence-corrected chi connectivity index (χ2v) is 6.49. The van der Waals surface area contributed by atoms with Crippen molar-refractivity contribution in [3.05, 3.63) is 29.3 Å². The lowest BCUT2D eigenvalue weighted by atomic mass is 10.2. The molecule has 0 atom stereocenters. The normalized spacial score (nSPS) is 10.9. The molecule has 0 bridgehead atoms. The Kier molecular flexibility index (Phi) is 5.89. The molecule has 118 valence electrons. The van der Waals surface area contributed by atoms with Crippen molar-refractivity contribution in [3.8, 4) is 0 Å². The highest BCUT2D eigenvalue weighted by Gasteiger charge is 2.08. The Labute approximate surface area is 134 Å².